The van der Waals surface area contributed by atoms with Gasteiger partial charge in [0.2, 0.25) is 0 Å². The highest BCUT2D eigenvalue weighted by Gasteiger charge is 2.35. The minimum Gasteiger partial charge on any atom is -0.480 e. The topological polar surface area (TPSA) is 131 Å². The van der Waals surface area contributed by atoms with Crippen molar-refractivity contribution in [1.82, 2.24) is 14.0 Å². The van der Waals surface area contributed by atoms with Gasteiger partial charge in [0, 0.05) is 37.3 Å². The Hall–Kier alpha value is -3.84. The summed E-state index contributed by atoms with van der Waals surface area (Å²) in [6.07, 6.45) is 2.75. The number of aliphatic carboxylic acids is 1. The van der Waals surface area contributed by atoms with Crippen molar-refractivity contribution in [1.29, 1.82) is 0 Å². The van der Waals surface area contributed by atoms with E-state index in [1.165, 1.54) is 15.5 Å². The van der Waals surface area contributed by atoms with Gasteiger partial charge in [0.1, 0.15) is 11.9 Å². The lowest BCUT2D eigenvalue weighted by atomic mass is 10.1. The van der Waals surface area contributed by atoms with E-state index in [0.29, 0.717) is 43.9 Å². The van der Waals surface area contributed by atoms with Crippen LogP contribution in [0, 0.1) is 11.8 Å². The van der Waals surface area contributed by atoms with Gasteiger partial charge >= 0.3 is 11.7 Å². The van der Waals surface area contributed by atoms with E-state index in [1.807, 2.05) is 4.90 Å². The van der Waals surface area contributed by atoms with Gasteiger partial charge in [0.25, 0.3) is 11.5 Å². The lowest BCUT2D eigenvalue weighted by molar-refractivity contribution is -0.141. The van der Waals surface area contributed by atoms with E-state index in [4.69, 9.17) is 5.73 Å². The second-order valence-electron chi connectivity index (χ2n) is 9.22. The highest BCUT2D eigenvalue weighted by Crippen LogP contribution is 2.22. The number of anilines is 1. The van der Waals surface area contributed by atoms with Crippen LogP contribution in [0.25, 0.3) is 0 Å². The Labute approximate surface area is 208 Å². The number of nitrogens with two attached hydrogens (primary N) is 1. The fraction of sp³-hybridized carbons (Fsp3) is 0.462. The lowest BCUT2D eigenvalue weighted by Crippen LogP contribution is -2.48. The molecule has 3 heterocycles. The number of likely N-dealkylation sites (tertiary alicyclic amines) is 1. The third kappa shape index (κ3) is 5.06. The third-order valence-corrected chi connectivity index (χ3v) is 6.83. The first-order valence-electron chi connectivity index (χ1n) is 12.2. The second kappa shape index (κ2) is 10.8. The molecule has 36 heavy (non-hydrogen) atoms. The molecule has 2 aliphatic heterocycles. The van der Waals surface area contributed by atoms with Gasteiger partial charge in [-0.1, -0.05) is 24.1 Å². The monoisotopic (exact) mass is 493 g/mol. The molecule has 10 nitrogen and oxygen atoms in total. The molecular weight excluding hydrogens is 462 g/mol. The number of hydrogen-bond donors (Lipinski definition) is 2. The van der Waals surface area contributed by atoms with Crippen molar-refractivity contribution in [3.8, 4) is 11.8 Å². The van der Waals surface area contributed by atoms with Crippen LogP contribution < -0.4 is 21.9 Å². The Morgan fingerprint density at radius 1 is 1.11 bits per heavy atom. The summed E-state index contributed by atoms with van der Waals surface area (Å²) < 4.78 is 2.57. The van der Waals surface area contributed by atoms with Crippen LogP contribution in [0.5, 0.6) is 0 Å². The number of carboxylic acid groups (broad SMARTS) is 1. The standard InChI is InChI=1S/C26H31N5O5/c1-2-3-13-30-22(28-12-6-9-19(27)17-28)15-23(32)31(26(30)36)16-18-8-4-5-10-20(18)24(33)29-14-7-11-21(29)25(34)35/h4-5,8,10,15,19,21H,6-7,9,11-14,16-17,27H2,1H3,(H,34,35)/t19-,21+/m1/s1. The molecular formula is C26H31N5O5. The minimum absolute atomic E-state index is 0.0416. The summed E-state index contributed by atoms with van der Waals surface area (Å²) in [4.78, 5) is 54.9. The Morgan fingerprint density at radius 3 is 2.58 bits per heavy atom. The Morgan fingerprint density at radius 2 is 1.86 bits per heavy atom. The SMILES string of the molecule is CC#CCn1c(N2CCC[C@@H](N)C2)cc(=O)n(Cc2ccccc2C(=O)N2CCC[C@H]2C(=O)O)c1=O. The summed E-state index contributed by atoms with van der Waals surface area (Å²) in [7, 11) is 0. The zero-order valence-electron chi connectivity index (χ0n) is 20.4. The van der Waals surface area contributed by atoms with Gasteiger partial charge < -0.3 is 20.6 Å². The van der Waals surface area contributed by atoms with Crippen molar-refractivity contribution in [2.45, 2.75) is 57.8 Å². The van der Waals surface area contributed by atoms with E-state index < -0.39 is 29.2 Å². The molecule has 2 saturated heterocycles. The first-order valence-corrected chi connectivity index (χ1v) is 12.2. The number of piperidine rings is 1. The van der Waals surface area contributed by atoms with Gasteiger partial charge in [-0.05, 0) is 44.2 Å². The molecule has 0 bridgehead atoms. The Balaban J connectivity index is 1.73. The molecule has 190 valence electrons. The number of hydrogen-bond acceptors (Lipinski definition) is 6. The van der Waals surface area contributed by atoms with E-state index in [9.17, 15) is 24.3 Å². The first-order chi connectivity index (χ1) is 17.3. The fourth-order valence-electron chi connectivity index (χ4n) is 5.00. The molecule has 0 spiro atoms. The number of carboxylic acids is 1. The van der Waals surface area contributed by atoms with Gasteiger partial charge in [-0.15, -0.1) is 5.92 Å². The number of nitrogens with zero attached hydrogens (tertiary/aromatic N) is 4. The largest absolute Gasteiger partial charge is 0.480 e. The van der Waals surface area contributed by atoms with Gasteiger partial charge in [0.05, 0.1) is 13.1 Å². The number of carbonyl (C=O) groups excluding carboxylic acids is 1. The van der Waals surface area contributed by atoms with Crippen LogP contribution in [-0.2, 0) is 17.9 Å². The molecule has 2 aromatic rings. The summed E-state index contributed by atoms with van der Waals surface area (Å²) in [6.45, 7) is 3.26. The van der Waals surface area contributed by atoms with Crippen LogP contribution in [0.3, 0.4) is 0 Å². The van der Waals surface area contributed by atoms with Crippen molar-refractivity contribution in [2.24, 2.45) is 5.73 Å². The number of aromatic nitrogens is 2. The van der Waals surface area contributed by atoms with E-state index in [0.717, 1.165) is 17.4 Å². The lowest BCUT2D eigenvalue weighted by Gasteiger charge is -2.33. The number of benzene rings is 1. The predicted molar refractivity (Wildman–Crippen MR) is 135 cm³/mol. The molecule has 2 aliphatic rings. The van der Waals surface area contributed by atoms with Crippen LogP contribution in [0.4, 0.5) is 5.82 Å². The molecule has 10 heteroatoms. The van der Waals surface area contributed by atoms with Gasteiger partial charge in [-0.2, -0.15) is 0 Å². The van der Waals surface area contributed by atoms with Crippen molar-refractivity contribution in [3.63, 3.8) is 0 Å². The van der Waals surface area contributed by atoms with E-state index in [1.54, 1.807) is 31.2 Å². The average Bonchev–Trinajstić information content (AvgIpc) is 3.36. The maximum atomic E-state index is 13.6. The van der Waals surface area contributed by atoms with Crippen molar-refractivity contribution in [2.75, 3.05) is 24.5 Å². The fourth-order valence-corrected chi connectivity index (χ4v) is 5.00. The van der Waals surface area contributed by atoms with Crippen LogP contribution in [-0.4, -0.2) is 62.7 Å². The molecule has 1 aromatic carbocycles. The molecule has 0 saturated carbocycles. The molecule has 0 radical (unpaired) electrons. The van der Waals surface area contributed by atoms with E-state index in [-0.39, 0.29) is 24.7 Å². The highest BCUT2D eigenvalue weighted by atomic mass is 16.4. The molecule has 0 unspecified atom stereocenters. The number of amides is 1. The summed E-state index contributed by atoms with van der Waals surface area (Å²) in [5.74, 6) is 4.74. The maximum absolute atomic E-state index is 13.6. The van der Waals surface area contributed by atoms with Crippen LogP contribution in [0.1, 0.15) is 48.5 Å². The van der Waals surface area contributed by atoms with Gasteiger partial charge in [-0.25, -0.2) is 9.59 Å². The number of rotatable bonds is 6. The van der Waals surface area contributed by atoms with Crippen molar-refractivity contribution >= 4 is 17.7 Å². The Kier molecular flexibility index (Phi) is 7.60. The third-order valence-electron chi connectivity index (χ3n) is 6.83. The first kappa shape index (κ1) is 25.3. The van der Waals surface area contributed by atoms with E-state index >= 15 is 0 Å². The van der Waals surface area contributed by atoms with Crippen LogP contribution in [0.2, 0.25) is 0 Å². The molecule has 1 amide bonds. The molecule has 2 fully saturated rings. The molecule has 1 aromatic heterocycles. The van der Waals surface area contributed by atoms with Crippen LogP contribution >= 0.6 is 0 Å². The van der Waals surface area contributed by atoms with Crippen molar-refractivity contribution < 1.29 is 14.7 Å². The second-order valence-corrected chi connectivity index (χ2v) is 9.22. The summed E-state index contributed by atoms with van der Waals surface area (Å²) in [5.41, 5.74) is 5.88. The quantitative estimate of drug-likeness (QED) is 0.567. The highest BCUT2D eigenvalue weighted by molar-refractivity contribution is 5.98. The molecule has 0 aliphatic carbocycles. The zero-order chi connectivity index (χ0) is 25.8. The van der Waals surface area contributed by atoms with Crippen LogP contribution in [0.15, 0.2) is 39.9 Å². The molecule has 3 N–H and O–H groups in total. The van der Waals surface area contributed by atoms with Gasteiger partial charge in [-0.3, -0.25) is 18.7 Å². The van der Waals surface area contributed by atoms with Gasteiger partial charge in [0.15, 0.2) is 0 Å². The summed E-state index contributed by atoms with van der Waals surface area (Å²) >= 11 is 0. The smallest absolute Gasteiger partial charge is 0.333 e. The molecule has 4 rings (SSSR count). The minimum atomic E-state index is -1.04. The maximum Gasteiger partial charge on any atom is 0.333 e. The Bertz CT molecular complexity index is 1330. The zero-order valence-corrected chi connectivity index (χ0v) is 20.4. The predicted octanol–water partition coefficient (Wildman–Crippen LogP) is 0.698. The van der Waals surface area contributed by atoms with E-state index in [2.05, 4.69) is 11.8 Å². The summed E-state index contributed by atoms with van der Waals surface area (Å²) in [5, 5.41) is 9.50. The number of carbonyl (C=O) groups is 2. The molecule has 2 atom stereocenters. The average molecular weight is 494 g/mol. The normalized spacial score (nSPS) is 19.6. The van der Waals surface area contributed by atoms with Crippen molar-refractivity contribution in [3.05, 3.63) is 62.3 Å². The summed E-state index contributed by atoms with van der Waals surface area (Å²) in [6, 6.07) is 7.20.